The van der Waals surface area contributed by atoms with Gasteiger partial charge in [-0.15, -0.1) is 0 Å². The van der Waals surface area contributed by atoms with E-state index < -0.39 is 0 Å². The maximum Gasteiger partial charge on any atom is 0.135 e. The molecule has 11 rings (SSSR count). The van der Waals surface area contributed by atoms with Crippen molar-refractivity contribution in [2.24, 2.45) is 0 Å². The first-order chi connectivity index (χ1) is 27.7. The molecular weight excluding hydrogens is 681 g/mol. The van der Waals surface area contributed by atoms with Crippen molar-refractivity contribution in [3.63, 3.8) is 0 Å². The number of furan rings is 1. The van der Waals surface area contributed by atoms with E-state index in [0.29, 0.717) is 0 Å². The molecule has 1 heterocycles. The number of aryl methyl sites for hydroxylation is 1. The van der Waals surface area contributed by atoms with Gasteiger partial charge in [-0.3, -0.25) is 0 Å². The minimum absolute atomic E-state index is 0.106. The number of para-hydroxylation sites is 2. The molecule has 0 saturated carbocycles. The van der Waals surface area contributed by atoms with Crippen LogP contribution in [0, 0.1) is 6.92 Å². The number of hydrogen-bond acceptors (Lipinski definition) is 2. The Balaban J connectivity index is 1.03. The Morgan fingerprint density at radius 1 is 0.375 bits per heavy atom. The van der Waals surface area contributed by atoms with Gasteiger partial charge in [0.2, 0.25) is 0 Å². The van der Waals surface area contributed by atoms with Gasteiger partial charge in [0, 0.05) is 22.3 Å². The standard InChI is InChI=1S/C54H36O2/c1-34-13-5-6-16-39(34)45-28-25-36(33-53(45)55-38-14-3-2-4-15-38)35-26-29-48-49(31-35)43-17-7-8-19-46(43)54(48)47-23-12-21-41-40(20-11-22-42(41)47)37-27-30-52-50(32-37)44-18-9-10-24-51(44)56-52/h2-33,54H,1H3. The van der Waals surface area contributed by atoms with Crippen molar-refractivity contribution in [3.05, 3.63) is 216 Å². The number of hydrogen-bond donors (Lipinski definition) is 0. The quantitative estimate of drug-likeness (QED) is 0.171. The predicted molar refractivity (Wildman–Crippen MR) is 232 cm³/mol. The van der Waals surface area contributed by atoms with Crippen LogP contribution in [0.2, 0.25) is 0 Å². The first-order valence-electron chi connectivity index (χ1n) is 19.3. The van der Waals surface area contributed by atoms with Crippen molar-refractivity contribution < 1.29 is 9.15 Å². The highest BCUT2D eigenvalue weighted by Crippen LogP contribution is 2.51. The Kier molecular flexibility index (Phi) is 7.50. The van der Waals surface area contributed by atoms with Gasteiger partial charge in [0.1, 0.15) is 22.7 Å². The zero-order valence-electron chi connectivity index (χ0n) is 30.9. The molecule has 0 radical (unpaired) electrons. The van der Waals surface area contributed by atoms with Crippen LogP contribution in [0.25, 0.3) is 77.2 Å². The molecule has 0 amide bonds. The van der Waals surface area contributed by atoms with Crippen molar-refractivity contribution in [1.82, 2.24) is 0 Å². The Hall–Kier alpha value is -7.16. The van der Waals surface area contributed by atoms with Crippen LogP contribution in [0.3, 0.4) is 0 Å². The van der Waals surface area contributed by atoms with E-state index in [2.05, 4.69) is 159 Å². The van der Waals surface area contributed by atoms with Crippen molar-refractivity contribution in [3.8, 4) is 56.0 Å². The Labute approximate surface area is 325 Å². The van der Waals surface area contributed by atoms with E-state index in [4.69, 9.17) is 9.15 Å². The number of fused-ring (bicyclic) bond motifs is 7. The number of rotatable bonds is 6. The van der Waals surface area contributed by atoms with E-state index in [1.54, 1.807) is 0 Å². The maximum absolute atomic E-state index is 6.62. The number of benzene rings is 9. The minimum Gasteiger partial charge on any atom is -0.457 e. The highest BCUT2D eigenvalue weighted by Gasteiger charge is 2.31. The highest BCUT2D eigenvalue weighted by molar-refractivity contribution is 6.08. The van der Waals surface area contributed by atoms with E-state index in [1.165, 1.54) is 60.8 Å². The van der Waals surface area contributed by atoms with Gasteiger partial charge in [-0.1, -0.05) is 152 Å². The minimum atomic E-state index is 0.106. The van der Waals surface area contributed by atoms with Gasteiger partial charge >= 0.3 is 0 Å². The normalized spacial score (nSPS) is 13.3. The topological polar surface area (TPSA) is 22.4 Å². The van der Waals surface area contributed by atoms with Crippen LogP contribution in [0.4, 0.5) is 0 Å². The van der Waals surface area contributed by atoms with Crippen LogP contribution in [-0.2, 0) is 0 Å². The van der Waals surface area contributed by atoms with Crippen molar-refractivity contribution in [2.45, 2.75) is 12.8 Å². The molecule has 2 nitrogen and oxygen atoms in total. The summed E-state index contributed by atoms with van der Waals surface area (Å²) in [4.78, 5) is 0. The van der Waals surface area contributed by atoms with Gasteiger partial charge < -0.3 is 9.15 Å². The van der Waals surface area contributed by atoms with Crippen LogP contribution >= 0.6 is 0 Å². The summed E-state index contributed by atoms with van der Waals surface area (Å²) >= 11 is 0. The fraction of sp³-hybridized carbons (Fsp3) is 0.0370. The molecule has 0 saturated heterocycles. The second-order valence-electron chi connectivity index (χ2n) is 14.8. The first kappa shape index (κ1) is 32.3. The molecule has 56 heavy (non-hydrogen) atoms. The molecule has 264 valence electrons. The van der Waals surface area contributed by atoms with Gasteiger partial charge in [0.25, 0.3) is 0 Å². The summed E-state index contributed by atoms with van der Waals surface area (Å²) in [5, 5.41) is 4.81. The third-order valence-corrected chi connectivity index (χ3v) is 11.6. The largest absolute Gasteiger partial charge is 0.457 e. The second-order valence-corrected chi connectivity index (χ2v) is 14.8. The lowest BCUT2D eigenvalue weighted by atomic mass is 9.84. The van der Waals surface area contributed by atoms with Gasteiger partial charge in [0.05, 0.1) is 0 Å². The predicted octanol–water partition coefficient (Wildman–Crippen LogP) is 15.0. The molecule has 9 aromatic carbocycles. The summed E-state index contributed by atoms with van der Waals surface area (Å²) in [7, 11) is 0. The molecule has 1 unspecified atom stereocenters. The fourth-order valence-electron chi connectivity index (χ4n) is 8.95. The molecule has 0 bridgehead atoms. The molecule has 0 spiro atoms. The third kappa shape index (κ3) is 5.26. The van der Waals surface area contributed by atoms with Gasteiger partial charge in [-0.25, -0.2) is 0 Å². The highest BCUT2D eigenvalue weighted by atomic mass is 16.5. The van der Waals surface area contributed by atoms with Crippen LogP contribution in [0.15, 0.2) is 199 Å². The summed E-state index contributed by atoms with van der Waals surface area (Å²) in [6.45, 7) is 2.16. The Bertz CT molecular complexity index is 3130. The molecule has 1 aliphatic carbocycles. The summed E-state index contributed by atoms with van der Waals surface area (Å²) < 4.78 is 12.8. The summed E-state index contributed by atoms with van der Waals surface area (Å²) in [5.41, 5.74) is 16.5. The van der Waals surface area contributed by atoms with Crippen molar-refractivity contribution >= 4 is 32.7 Å². The zero-order chi connectivity index (χ0) is 37.2. The van der Waals surface area contributed by atoms with Gasteiger partial charge in [-0.2, -0.15) is 0 Å². The van der Waals surface area contributed by atoms with Crippen molar-refractivity contribution in [1.29, 1.82) is 0 Å². The molecule has 0 fully saturated rings. The summed E-state index contributed by atoms with van der Waals surface area (Å²) in [6, 6.07) is 69.6. The Morgan fingerprint density at radius 3 is 1.93 bits per heavy atom. The smallest absolute Gasteiger partial charge is 0.135 e. The molecule has 1 aliphatic rings. The molecule has 0 aliphatic heterocycles. The zero-order valence-corrected chi connectivity index (χ0v) is 30.9. The molecular formula is C54H36O2. The first-order valence-corrected chi connectivity index (χ1v) is 19.3. The van der Waals surface area contributed by atoms with Gasteiger partial charge in [0.15, 0.2) is 0 Å². The lowest BCUT2D eigenvalue weighted by Crippen LogP contribution is -2.00. The number of ether oxygens (including phenoxy) is 1. The monoisotopic (exact) mass is 716 g/mol. The molecule has 10 aromatic rings. The van der Waals surface area contributed by atoms with Crippen LogP contribution < -0.4 is 4.74 Å². The molecule has 0 N–H and O–H groups in total. The Morgan fingerprint density at radius 2 is 1.02 bits per heavy atom. The van der Waals surface area contributed by atoms with Crippen LogP contribution in [0.1, 0.15) is 28.2 Å². The van der Waals surface area contributed by atoms with Crippen LogP contribution in [0.5, 0.6) is 11.5 Å². The SMILES string of the molecule is Cc1ccccc1-c1ccc(-c2ccc3c(c2)-c2ccccc2C3c2cccc3c(-c4ccc5oc6ccccc6c5c4)cccc23)cc1Oc1ccccc1. The van der Waals surface area contributed by atoms with E-state index in [9.17, 15) is 0 Å². The lowest BCUT2D eigenvalue weighted by molar-refractivity contribution is 0.484. The molecule has 1 atom stereocenters. The maximum atomic E-state index is 6.62. The average Bonchev–Trinajstić information content (AvgIpc) is 3.79. The lowest BCUT2D eigenvalue weighted by Gasteiger charge is -2.19. The van der Waals surface area contributed by atoms with Crippen molar-refractivity contribution in [2.75, 3.05) is 0 Å². The van der Waals surface area contributed by atoms with Crippen LogP contribution in [-0.4, -0.2) is 0 Å². The third-order valence-electron chi connectivity index (χ3n) is 11.6. The van der Waals surface area contributed by atoms with Gasteiger partial charge in [-0.05, 0) is 121 Å². The fourth-order valence-corrected chi connectivity index (χ4v) is 8.95. The second kappa shape index (κ2) is 13.0. The summed E-state index contributed by atoms with van der Waals surface area (Å²) in [5.74, 6) is 1.77. The average molecular weight is 717 g/mol. The molecule has 2 heteroatoms. The van der Waals surface area contributed by atoms with E-state index in [0.717, 1.165) is 50.1 Å². The molecule has 1 aromatic heterocycles. The van der Waals surface area contributed by atoms with E-state index in [-0.39, 0.29) is 5.92 Å². The van der Waals surface area contributed by atoms with E-state index >= 15 is 0 Å². The summed E-state index contributed by atoms with van der Waals surface area (Å²) in [6.07, 6.45) is 0. The van der Waals surface area contributed by atoms with E-state index in [1.807, 2.05) is 42.5 Å².